The maximum absolute atomic E-state index is 5.24. The first-order chi connectivity index (χ1) is 9.63. The third-order valence-electron chi connectivity index (χ3n) is 3.07. The predicted octanol–water partition coefficient (Wildman–Crippen LogP) is 3.54. The molecule has 0 radical (unpaired) electrons. The van der Waals surface area contributed by atoms with Gasteiger partial charge in [-0.15, -0.1) is 11.3 Å². The van der Waals surface area contributed by atoms with Crippen LogP contribution in [0.5, 0.6) is 0 Å². The zero-order valence-corrected chi connectivity index (χ0v) is 13.0. The van der Waals surface area contributed by atoms with Crippen LogP contribution in [0.2, 0.25) is 0 Å². The fourth-order valence-electron chi connectivity index (χ4n) is 2.07. The summed E-state index contributed by atoms with van der Waals surface area (Å²) in [6.45, 7) is 4.04. The van der Waals surface area contributed by atoms with Crippen LogP contribution >= 0.6 is 11.3 Å². The molecule has 20 heavy (non-hydrogen) atoms. The van der Waals surface area contributed by atoms with Gasteiger partial charge in [-0.2, -0.15) is 0 Å². The van der Waals surface area contributed by atoms with Crippen LogP contribution in [-0.4, -0.2) is 31.5 Å². The van der Waals surface area contributed by atoms with E-state index in [0.29, 0.717) is 0 Å². The van der Waals surface area contributed by atoms with Crippen molar-refractivity contribution < 1.29 is 9.47 Å². The molecule has 108 valence electrons. The van der Waals surface area contributed by atoms with E-state index in [4.69, 9.17) is 9.47 Å². The molecule has 0 bridgehead atoms. The fraction of sp³-hybridized carbons (Fsp3) is 0.400. The van der Waals surface area contributed by atoms with E-state index in [1.165, 1.54) is 0 Å². The Balaban J connectivity index is 2.05. The largest absolute Gasteiger partial charge is 0.377 e. The van der Waals surface area contributed by atoms with E-state index < -0.39 is 0 Å². The van der Waals surface area contributed by atoms with Gasteiger partial charge in [0.2, 0.25) is 0 Å². The number of nitrogens with zero attached hydrogens (tertiary/aromatic N) is 1. The average molecular weight is 292 g/mol. The molecule has 5 heteroatoms. The first-order valence-electron chi connectivity index (χ1n) is 6.48. The number of hydrogen-bond acceptors (Lipinski definition) is 5. The van der Waals surface area contributed by atoms with Crippen molar-refractivity contribution in [1.29, 1.82) is 0 Å². The van der Waals surface area contributed by atoms with Crippen LogP contribution < -0.4 is 5.32 Å². The van der Waals surface area contributed by atoms with Gasteiger partial charge in [0.05, 0.1) is 16.7 Å². The highest BCUT2D eigenvalue weighted by Gasteiger charge is 2.15. The van der Waals surface area contributed by atoms with Crippen molar-refractivity contribution in [2.45, 2.75) is 26.2 Å². The minimum atomic E-state index is -0.268. The molecule has 0 spiro atoms. The molecule has 0 amide bonds. The van der Waals surface area contributed by atoms with Gasteiger partial charge in [0.1, 0.15) is 0 Å². The van der Waals surface area contributed by atoms with Crippen molar-refractivity contribution in [2.75, 3.05) is 19.5 Å². The summed E-state index contributed by atoms with van der Waals surface area (Å²) in [5.74, 6) is 0. The molecule has 1 aromatic carbocycles. The molecule has 0 fully saturated rings. The molecule has 4 nitrogen and oxygen atoms in total. The van der Waals surface area contributed by atoms with Gasteiger partial charge in [-0.3, -0.25) is 0 Å². The zero-order valence-electron chi connectivity index (χ0n) is 12.2. The molecule has 1 unspecified atom stereocenters. The van der Waals surface area contributed by atoms with Crippen LogP contribution in [0.4, 0.5) is 5.69 Å². The molecule has 0 aliphatic carbocycles. The fourth-order valence-corrected chi connectivity index (χ4v) is 2.69. The number of thiazole rings is 1. The second-order valence-corrected chi connectivity index (χ2v) is 5.66. The maximum atomic E-state index is 5.24. The standard InChI is InChI=1S/C15H20N2O2S/c1-10(15(18-3)19-4)16-13-7-5-12(6-8-13)14-9-20-11(2)17-14/h5-10,15-16H,1-4H3. The molecule has 1 heterocycles. The lowest BCUT2D eigenvalue weighted by atomic mass is 10.1. The highest BCUT2D eigenvalue weighted by Crippen LogP contribution is 2.23. The summed E-state index contributed by atoms with van der Waals surface area (Å²) in [7, 11) is 3.28. The summed E-state index contributed by atoms with van der Waals surface area (Å²) in [6.07, 6.45) is -0.268. The third-order valence-corrected chi connectivity index (χ3v) is 3.84. The van der Waals surface area contributed by atoms with Crippen molar-refractivity contribution in [1.82, 2.24) is 4.98 Å². The molecule has 1 N–H and O–H groups in total. The van der Waals surface area contributed by atoms with E-state index in [-0.39, 0.29) is 12.3 Å². The van der Waals surface area contributed by atoms with Gasteiger partial charge in [-0.25, -0.2) is 4.98 Å². The number of methoxy groups -OCH3 is 2. The first kappa shape index (κ1) is 15.0. The van der Waals surface area contributed by atoms with Crippen LogP contribution in [-0.2, 0) is 9.47 Å². The summed E-state index contributed by atoms with van der Waals surface area (Å²) >= 11 is 1.66. The van der Waals surface area contributed by atoms with E-state index in [0.717, 1.165) is 22.0 Å². The van der Waals surface area contributed by atoms with Crippen LogP contribution in [0.15, 0.2) is 29.6 Å². The average Bonchev–Trinajstić information content (AvgIpc) is 2.87. The molecule has 0 aliphatic rings. The number of hydrogen-bond donors (Lipinski definition) is 1. The van der Waals surface area contributed by atoms with Gasteiger partial charge >= 0.3 is 0 Å². The van der Waals surface area contributed by atoms with Gasteiger partial charge in [0.15, 0.2) is 6.29 Å². The Bertz CT molecular complexity index is 535. The number of rotatable bonds is 6. The topological polar surface area (TPSA) is 43.4 Å². The van der Waals surface area contributed by atoms with Gasteiger partial charge in [0, 0.05) is 30.9 Å². The lowest BCUT2D eigenvalue weighted by Gasteiger charge is -2.23. The van der Waals surface area contributed by atoms with Gasteiger partial charge in [0.25, 0.3) is 0 Å². The van der Waals surface area contributed by atoms with E-state index in [9.17, 15) is 0 Å². The van der Waals surface area contributed by atoms with Crippen molar-refractivity contribution in [3.05, 3.63) is 34.7 Å². The quantitative estimate of drug-likeness (QED) is 0.827. The maximum Gasteiger partial charge on any atom is 0.176 e. The van der Waals surface area contributed by atoms with Crippen LogP contribution in [0, 0.1) is 6.92 Å². The molecule has 0 saturated heterocycles. The van der Waals surface area contributed by atoms with E-state index in [1.807, 2.05) is 26.0 Å². The van der Waals surface area contributed by atoms with E-state index >= 15 is 0 Å². The number of ether oxygens (including phenoxy) is 2. The number of benzene rings is 1. The minimum absolute atomic E-state index is 0.0670. The van der Waals surface area contributed by atoms with Crippen LogP contribution in [0.3, 0.4) is 0 Å². The SMILES string of the molecule is COC(OC)C(C)Nc1ccc(-c2csc(C)n2)cc1. The Morgan fingerprint density at radius 3 is 2.30 bits per heavy atom. The highest BCUT2D eigenvalue weighted by molar-refractivity contribution is 7.09. The van der Waals surface area contributed by atoms with Gasteiger partial charge in [-0.1, -0.05) is 12.1 Å². The zero-order chi connectivity index (χ0) is 14.5. The molecule has 1 aromatic heterocycles. The van der Waals surface area contributed by atoms with Gasteiger partial charge < -0.3 is 14.8 Å². The number of nitrogens with one attached hydrogen (secondary N) is 1. The highest BCUT2D eigenvalue weighted by atomic mass is 32.1. The summed E-state index contributed by atoms with van der Waals surface area (Å²) in [5, 5.41) is 6.52. The number of aryl methyl sites for hydroxylation is 1. The van der Waals surface area contributed by atoms with E-state index in [1.54, 1.807) is 25.6 Å². The van der Waals surface area contributed by atoms with Crippen LogP contribution in [0.25, 0.3) is 11.3 Å². The molecular weight excluding hydrogens is 272 g/mol. The number of anilines is 1. The van der Waals surface area contributed by atoms with Crippen molar-refractivity contribution in [3.8, 4) is 11.3 Å². The van der Waals surface area contributed by atoms with Crippen LogP contribution in [0.1, 0.15) is 11.9 Å². The molecular formula is C15H20N2O2S. The number of aromatic nitrogens is 1. The smallest absolute Gasteiger partial charge is 0.176 e. The monoisotopic (exact) mass is 292 g/mol. The third kappa shape index (κ3) is 3.56. The Hall–Kier alpha value is -1.43. The molecule has 2 rings (SSSR count). The lowest BCUT2D eigenvalue weighted by Crippen LogP contribution is -2.33. The van der Waals surface area contributed by atoms with Crippen molar-refractivity contribution >= 4 is 17.0 Å². The second-order valence-electron chi connectivity index (χ2n) is 4.60. The first-order valence-corrected chi connectivity index (χ1v) is 7.36. The summed E-state index contributed by atoms with van der Waals surface area (Å²) in [5.41, 5.74) is 3.19. The Morgan fingerprint density at radius 1 is 1.15 bits per heavy atom. The van der Waals surface area contributed by atoms with E-state index in [2.05, 4.69) is 27.8 Å². The summed E-state index contributed by atoms with van der Waals surface area (Å²) in [4.78, 5) is 4.48. The lowest BCUT2D eigenvalue weighted by molar-refractivity contribution is -0.109. The van der Waals surface area contributed by atoms with Crippen molar-refractivity contribution in [2.24, 2.45) is 0 Å². The normalized spacial score (nSPS) is 12.7. The summed E-state index contributed by atoms with van der Waals surface area (Å²) < 4.78 is 10.5. The Kier molecular flexibility index (Phi) is 5.11. The Labute approximate surface area is 123 Å². The molecule has 0 saturated carbocycles. The van der Waals surface area contributed by atoms with Crippen molar-refractivity contribution in [3.63, 3.8) is 0 Å². The molecule has 2 aromatic rings. The molecule has 0 aliphatic heterocycles. The minimum Gasteiger partial charge on any atom is -0.377 e. The van der Waals surface area contributed by atoms with Gasteiger partial charge in [-0.05, 0) is 26.0 Å². The Morgan fingerprint density at radius 2 is 1.80 bits per heavy atom. The molecule has 1 atom stereocenters. The summed E-state index contributed by atoms with van der Waals surface area (Å²) in [6, 6.07) is 8.29. The second kappa shape index (κ2) is 6.83. The predicted molar refractivity (Wildman–Crippen MR) is 83.2 cm³/mol.